The number of rotatable bonds is 6. The van der Waals surface area contributed by atoms with E-state index in [1.807, 2.05) is 12.3 Å². The third-order valence-corrected chi connectivity index (χ3v) is 12.4. The van der Waals surface area contributed by atoms with Crippen molar-refractivity contribution in [3.05, 3.63) is 211 Å². The number of hydrogen-bond donors (Lipinski definition) is 0. The van der Waals surface area contributed by atoms with Crippen molar-refractivity contribution >= 4 is 49.4 Å². The summed E-state index contributed by atoms with van der Waals surface area (Å²) in [6.07, 6.45) is 8.45. The van der Waals surface area contributed by atoms with Crippen LogP contribution < -0.4 is 0 Å². The van der Waals surface area contributed by atoms with Gasteiger partial charge in [0.15, 0.2) is 0 Å². The van der Waals surface area contributed by atoms with Crippen LogP contribution in [0.2, 0.25) is 0 Å². The molecule has 286 valence electrons. The predicted octanol–water partition coefficient (Wildman–Crippen LogP) is 15.6. The van der Waals surface area contributed by atoms with Crippen molar-refractivity contribution < 1.29 is 4.42 Å². The fraction of sp³-hybridized carbons (Fsp3) is 0.0345. The molecule has 0 N–H and O–H groups in total. The molecule has 3 aromatic heterocycles. The van der Waals surface area contributed by atoms with E-state index in [0.29, 0.717) is 0 Å². The molecule has 11 aromatic rings. The van der Waals surface area contributed by atoms with E-state index in [0.717, 1.165) is 102 Å². The highest BCUT2D eigenvalue weighted by molar-refractivity contribution is 6.15. The second-order valence-electron chi connectivity index (χ2n) is 15.9. The Morgan fingerprint density at radius 1 is 0.410 bits per heavy atom. The SMILES string of the molecule is C1=Cc2c(c(-c3ccccc3)c3ccccc3c2-c2oc(-c3ccc(-c4ccc5ccc6cccnc6c5n4)c4ccccc34)c(-c3ccccc3)c2-c2ccccc2)CC1. The molecule has 0 unspecified atom stereocenters. The Bertz CT molecular complexity index is 3510. The Morgan fingerprint density at radius 3 is 1.64 bits per heavy atom. The summed E-state index contributed by atoms with van der Waals surface area (Å²) in [6.45, 7) is 0. The van der Waals surface area contributed by atoms with Crippen LogP contribution in [0.15, 0.2) is 205 Å². The summed E-state index contributed by atoms with van der Waals surface area (Å²) in [7, 11) is 0. The van der Waals surface area contributed by atoms with Gasteiger partial charge in [-0.25, -0.2) is 4.98 Å². The highest BCUT2D eigenvalue weighted by Gasteiger charge is 2.31. The van der Waals surface area contributed by atoms with Gasteiger partial charge in [-0.3, -0.25) is 4.98 Å². The molecule has 0 saturated heterocycles. The summed E-state index contributed by atoms with van der Waals surface area (Å²) in [4.78, 5) is 10.0. The monoisotopic (exact) mass is 778 g/mol. The zero-order valence-corrected chi connectivity index (χ0v) is 33.3. The Kier molecular flexibility index (Phi) is 8.31. The van der Waals surface area contributed by atoms with Crippen molar-refractivity contribution in [1.29, 1.82) is 0 Å². The minimum Gasteiger partial charge on any atom is -0.455 e. The van der Waals surface area contributed by atoms with Gasteiger partial charge in [-0.05, 0) is 86.0 Å². The highest BCUT2D eigenvalue weighted by Crippen LogP contribution is 2.54. The topological polar surface area (TPSA) is 38.9 Å². The molecule has 0 bridgehead atoms. The van der Waals surface area contributed by atoms with Crippen LogP contribution in [-0.4, -0.2) is 9.97 Å². The molecule has 0 amide bonds. The maximum absolute atomic E-state index is 7.65. The van der Waals surface area contributed by atoms with Gasteiger partial charge >= 0.3 is 0 Å². The van der Waals surface area contributed by atoms with Gasteiger partial charge in [-0.15, -0.1) is 0 Å². The molecule has 0 atom stereocenters. The van der Waals surface area contributed by atoms with Crippen LogP contribution in [0.4, 0.5) is 0 Å². The summed E-state index contributed by atoms with van der Waals surface area (Å²) < 4.78 is 7.65. The summed E-state index contributed by atoms with van der Waals surface area (Å²) >= 11 is 0. The number of furan rings is 1. The fourth-order valence-electron chi connectivity index (χ4n) is 9.72. The van der Waals surface area contributed by atoms with Crippen LogP contribution in [0.25, 0.3) is 117 Å². The zero-order valence-electron chi connectivity index (χ0n) is 33.3. The van der Waals surface area contributed by atoms with E-state index in [-0.39, 0.29) is 0 Å². The second-order valence-corrected chi connectivity index (χ2v) is 15.9. The molecule has 3 heterocycles. The first-order valence-corrected chi connectivity index (χ1v) is 21.0. The van der Waals surface area contributed by atoms with Crippen LogP contribution in [0, 0.1) is 0 Å². The fourth-order valence-corrected chi connectivity index (χ4v) is 9.72. The van der Waals surface area contributed by atoms with Crippen LogP contribution in [0.5, 0.6) is 0 Å². The molecule has 3 heteroatoms. The molecular formula is C58H38N2O. The lowest BCUT2D eigenvalue weighted by Crippen LogP contribution is -2.02. The molecule has 1 aliphatic rings. The molecule has 12 rings (SSSR count). The maximum Gasteiger partial charge on any atom is 0.144 e. The lowest BCUT2D eigenvalue weighted by atomic mass is 9.80. The van der Waals surface area contributed by atoms with E-state index in [1.54, 1.807) is 0 Å². The van der Waals surface area contributed by atoms with Crippen molar-refractivity contribution in [2.45, 2.75) is 12.8 Å². The first-order chi connectivity index (χ1) is 30.3. The Balaban J connectivity index is 1.17. The van der Waals surface area contributed by atoms with Crippen LogP contribution in [0.3, 0.4) is 0 Å². The van der Waals surface area contributed by atoms with Crippen molar-refractivity contribution in [2.24, 2.45) is 0 Å². The molecule has 0 aliphatic heterocycles. The Labute approximate surface area is 353 Å². The number of nitrogens with zero attached hydrogens (tertiary/aromatic N) is 2. The summed E-state index contributed by atoms with van der Waals surface area (Å²) in [6, 6.07) is 67.1. The average Bonchev–Trinajstić information content (AvgIpc) is 3.73. The van der Waals surface area contributed by atoms with Crippen molar-refractivity contribution in [3.8, 4) is 67.3 Å². The number of aromatic nitrogens is 2. The van der Waals surface area contributed by atoms with Crippen molar-refractivity contribution in [2.75, 3.05) is 0 Å². The van der Waals surface area contributed by atoms with E-state index >= 15 is 0 Å². The number of fused-ring (bicyclic) bond motifs is 6. The summed E-state index contributed by atoms with van der Waals surface area (Å²) in [5.41, 5.74) is 15.5. The number of benzene rings is 8. The first-order valence-electron chi connectivity index (χ1n) is 21.0. The van der Waals surface area contributed by atoms with Crippen LogP contribution >= 0.6 is 0 Å². The third kappa shape index (κ3) is 5.73. The van der Waals surface area contributed by atoms with Gasteiger partial charge in [0.2, 0.25) is 0 Å². The lowest BCUT2D eigenvalue weighted by molar-refractivity contribution is 0.600. The molecule has 0 spiro atoms. The van der Waals surface area contributed by atoms with Crippen molar-refractivity contribution in [1.82, 2.24) is 9.97 Å². The molecule has 3 nitrogen and oxygen atoms in total. The van der Waals surface area contributed by atoms with Crippen LogP contribution in [0.1, 0.15) is 17.5 Å². The minimum atomic E-state index is 0.842. The second kappa shape index (κ2) is 14.4. The van der Waals surface area contributed by atoms with E-state index in [2.05, 4.69) is 194 Å². The third-order valence-electron chi connectivity index (χ3n) is 12.4. The number of pyridine rings is 2. The van der Waals surface area contributed by atoms with Gasteiger partial charge in [-0.1, -0.05) is 182 Å². The molecule has 61 heavy (non-hydrogen) atoms. The van der Waals surface area contributed by atoms with Gasteiger partial charge in [0.1, 0.15) is 11.5 Å². The van der Waals surface area contributed by atoms with Gasteiger partial charge in [0.25, 0.3) is 0 Å². The van der Waals surface area contributed by atoms with E-state index in [4.69, 9.17) is 14.4 Å². The highest BCUT2D eigenvalue weighted by atomic mass is 16.3. The molecule has 8 aromatic carbocycles. The van der Waals surface area contributed by atoms with Gasteiger partial charge in [0.05, 0.1) is 16.7 Å². The molecule has 1 aliphatic carbocycles. The van der Waals surface area contributed by atoms with Crippen LogP contribution in [-0.2, 0) is 6.42 Å². The lowest BCUT2D eigenvalue weighted by Gasteiger charge is -2.23. The van der Waals surface area contributed by atoms with Gasteiger partial charge in [-0.2, -0.15) is 0 Å². The molecule has 0 fully saturated rings. The smallest absolute Gasteiger partial charge is 0.144 e. The Morgan fingerprint density at radius 2 is 0.951 bits per heavy atom. The zero-order chi connectivity index (χ0) is 40.3. The molecular weight excluding hydrogens is 741 g/mol. The molecule has 0 saturated carbocycles. The van der Waals surface area contributed by atoms with E-state index in [9.17, 15) is 0 Å². The normalized spacial score (nSPS) is 12.4. The Hall–Kier alpha value is -7.88. The van der Waals surface area contributed by atoms with Crippen molar-refractivity contribution in [3.63, 3.8) is 0 Å². The number of hydrogen-bond acceptors (Lipinski definition) is 3. The van der Waals surface area contributed by atoms with Gasteiger partial charge in [0, 0.05) is 44.8 Å². The predicted molar refractivity (Wildman–Crippen MR) is 254 cm³/mol. The van der Waals surface area contributed by atoms with Gasteiger partial charge < -0.3 is 4.42 Å². The van der Waals surface area contributed by atoms with E-state index < -0.39 is 0 Å². The summed E-state index contributed by atoms with van der Waals surface area (Å²) in [5.74, 6) is 1.72. The average molecular weight is 779 g/mol. The molecule has 0 radical (unpaired) electrons. The first kappa shape index (κ1) is 35.1. The minimum absolute atomic E-state index is 0.842. The summed E-state index contributed by atoms with van der Waals surface area (Å²) in [5, 5.41) is 6.76. The maximum atomic E-state index is 7.65. The quantitative estimate of drug-likeness (QED) is 0.158. The standard InChI is InChI=1S/C58H38N2O/c1-4-17-37(18-5-1)51-45-26-12-14-28-47(45)54(48-29-15-13-27-46(48)51)58-53(39-21-8-3-9-22-39)52(38-19-6-2-7-20-38)57(61-58)49-34-33-44(42-24-10-11-25-43(42)49)50-35-32-41-31-30-40-23-16-36-59-55(40)56(41)60-50/h1-12,14-26,28-36H,13,27H2. The largest absolute Gasteiger partial charge is 0.455 e. The van der Waals surface area contributed by atoms with E-state index in [1.165, 1.54) is 33.0 Å². The number of allylic oxidation sites excluding steroid dienone is 1.